The average Bonchev–Trinajstić information content (AvgIpc) is 1.59. The molecule has 0 saturated carbocycles. The summed E-state index contributed by atoms with van der Waals surface area (Å²) in [6.45, 7) is 4.35. The van der Waals surface area contributed by atoms with Crippen molar-refractivity contribution in [1.29, 1.82) is 0 Å². The number of hydrogen-bond acceptors (Lipinski definition) is 1. The molecule has 54 valence electrons. The van der Waals surface area contributed by atoms with Gasteiger partial charge in [0.25, 0.3) is 0 Å². The third-order valence-electron chi connectivity index (χ3n) is 1.96. The van der Waals surface area contributed by atoms with Gasteiger partial charge in [0, 0.05) is 5.92 Å². The van der Waals surface area contributed by atoms with Crippen molar-refractivity contribution in [3.05, 3.63) is 0 Å². The normalized spacial score (nSPS) is 45.0. The Balaban J connectivity index is 2.34. The van der Waals surface area contributed by atoms with E-state index in [0.717, 1.165) is 13.0 Å². The van der Waals surface area contributed by atoms with Crippen LogP contribution in [0.1, 0.15) is 13.3 Å². The summed E-state index contributed by atoms with van der Waals surface area (Å²) in [5.74, 6) is 0.703. The highest BCUT2D eigenvalue weighted by Crippen LogP contribution is 2.05. The Kier molecular flexibility index (Phi) is 2.09. The molecule has 1 heterocycles. The number of hydrogen-bond donors (Lipinski definition) is 2. The Hall–Kier alpha value is -0.0800. The number of likely N-dealkylation sites (N-methyl/N-ethyl adjacent to an activating group) is 1. The number of piperidine rings is 1. The van der Waals surface area contributed by atoms with Gasteiger partial charge in [0.05, 0.1) is 13.6 Å². The van der Waals surface area contributed by atoms with E-state index in [9.17, 15) is 5.11 Å². The molecule has 0 radical (unpaired) electrons. The van der Waals surface area contributed by atoms with Crippen molar-refractivity contribution < 1.29 is 10.0 Å². The zero-order chi connectivity index (χ0) is 6.85. The van der Waals surface area contributed by atoms with Crippen LogP contribution >= 0.6 is 0 Å². The first kappa shape index (κ1) is 7.03. The molecule has 2 N–H and O–H groups in total. The van der Waals surface area contributed by atoms with Gasteiger partial charge in [-0.15, -0.1) is 0 Å². The summed E-state index contributed by atoms with van der Waals surface area (Å²) < 4.78 is 0. The van der Waals surface area contributed by atoms with Crippen LogP contribution in [0.25, 0.3) is 0 Å². The second-order valence-electron chi connectivity index (χ2n) is 3.36. The molecule has 0 aromatic heterocycles. The fraction of sp³-hybridized carbons (Fsp3) is 1.00. The highest BCUT2D eigenvalue weighted by molar-refractivity contribution is 4.63. The highest BCUT2D eigenvalue weighted by atomic mass is 16.3. The van der Waals surface area contributed by atoms with Gasteiger partial charge in [-0.05, 0) is 6.42 Å². The molecule has 2 heteroatoms. The van der Waals surface area contributed by atoms with E-state index >= 15 is 0 Å². The van der Waals surface area contributed by atoms with Crippen LogP contribution in [0, 0.1) is 5.92 Å². The Morgan fingerprint density at radius 1 is 1.44 bits per heavy atom. The summed E-state index contributed by atoms with van der Waals surface area (Å²) in [7, 11) is 2.14. The van der Waals surface area contributed by atoms with Crippen molar-refractivity contribution in [2.45, 2.75) is 19.4 Å². The van der Waals surface area contributed by atoms with Gasteiger partial charge in [0.1, 0.15) is 12.6 Å². The maximum atomic E-state index is 9.23. The van der Waals surface area contributed by atoms with E-state index in [1.165, 1.54) is 11.4 Å². The van der Waals surface area contributed by atoms with Crippen LogP contribution in [0.2, 0.25) is 0 Å². The minimum Gasteiger partial charge on any atom is -0.387 e. The summed E-state index contributed by atoms with van der Waals surface area (Å²) in [5.41, 5.74) is 0. The molecule has 0 bridgehead atoms. The molecular weight excluding hydrogens is 114 g/mol. The maximum absolute atomic E-state index is 9.23. The fourth-order valence-corrected chi connectivity index (χ4v) is 1.71. The van der Waals surface area contributed by atoms with Crippen LogP contribution in [-0.2, 0) is 0 Å². The SMILES string of the molecule is C[C@H]1C[C@H](O)C[NH+](C)C1. The topological polar surface area (TPSA) is 24.7 Å². The molecule has 1 aliphatic heterocycles. The standard InChI is InChI=1S/C7H15NO/c1-6-3-7(9)5-8(2)4-6/h6-7,9H,3-5H2,1-2H3/p+1/t6-,7-/m0/s1. The minimum atomic E-state index is -0.0475. The van der Waals surface area contributed by atoms with Crippen LogP contribution in [0.5, 0.6) is 0 Å². The lowest BCUT2D eigenvalue weighted by Gasteiger charge is -2.27. The number of nitrogens with one attached hydrogen (secondary N) is 1. The van der Waals surface area contributed by atoms with Crippen LogP contribution in [0.3, 0.4) is 0 Å². The zero-order valence-electron chi connectivity index (χ0n) is 6.22. The second-order valence-corrected chi connectivity index (χ2v) is 3.36. The van der Waals surface area contributed by atoms with Crippen molar-refractivity contribution in [1.82, 2.24) is 0 Å². The van der Waals surface area contributed by atoms with Crippen molar-refractivity contribution in [3.8, 4) is 0 Å². The Morgan fingerprint density at radius 3 is 2.56 bits per heavy atom. The smallest absolute Gasteiger partial charge is 0.103 e. The van der Waals surface area contributed by atoms with Crippen molar-refractivity contribution in [2.75, 3.05) is 20.1 Å². The first-order valence-electron chi connectivity index (χ1n) is 3.68. The van der Waals surface area contributed by atoms with Gasteiger partial charge in [-0.1, -0.05) is 6.92 Å². The van der Waals surface area contributed by atoms with E-state index in [0.29, 0.717) is 5.92 Å². The summed E-state index contributed by atoms with van der Waals surface area (Å²) in [5, 5.41) is 9.23. The van der Waals surface area contributed by atoms with E-state index in [1.54, 1.807) is 0 Å². The molecule has 2 nitrogen and oxygen atoms in total. The predicted octanol–water partition coefficient (Wildman–Crippen LogP) is -1.10. The molecule has 0 amide bonds. The van der Waals surface area contributed by atoms with Gasteiger partial charge in [-0.2, -0.15) is 0 Å². The Bertz CT molecular complexity index is 69.9. The first-order valence-corrected chi connectivity index (χ1v) is 3.68. The van der Waals surface area contributed by atoms with Crippen molar-refractivity contribution in [3.63, 3.8) is 0 Å². The molecule has 1 fully saturated rings. The van der Waals surface area contributed by atoms with Gasteiger partial charge >= 0.3 is 0 Å². The number of likely N-dealkylation sites (tertiary alicyclic amines) is 1. The van der Waals surface area contributed by atoms with Crippen LogP contribution in [0.15, 0.2) is 0 Å². The molecule has 0 spiro atoms. The minimum absolute atomic E-state index is 0.0475. The lowest BCUT2D eigenvalue weighted by Crippen LogP contribution is -3.12. The number of aliphatic hydroxyl groups is 1. The average molecular weight is 130 g/mol. The van der Waals surface area contributed by atoms with Gasteiger partial charge in [-0.3, -0.25) is 0 Å². The summed E-state index contributed by atoms with van der Waals surface area (Å²) in [6.07, 6.45) is 0.950. The van der Waals surface area contributed by atoms with E-state index in [-0.39, 0.29) is 6.10 Å². The van der Waals surface area contributed by atoms with Crippen LogP contribution in [-0.4, -0.2) is 31.3 Å². The zero-order valence-corrected chi connectivity index (χ0v) is 6.22. The van der Waals surface area contributed by atoms with Crippen LogP contribution in [0.4, 0.5) is 0 Å². The van der Waals surface area contributed by atoms with Gasteiger partial charge in [-0.25, -0.2) is 0 Å². The molecule has 9 heavy (non-hydrogen) atoms. The molecule has 1 unspecified atom stereocenters. The fourth-order valence-electron chi connectivity index (χ4n) is 1.71. The summed E-state index contributed by atoms with van der Waals surface area (Å²) in [6, 6.07) is 0. The number of rotatable bonds is 0. The molecule has 1 saturated heterocycles. The van der Waals surface area contributed by atoms with E-state index in [1.807, 2.05) is 0 Å². The third-order valence-corrected chi connectivity index (χ3v) is 1.96. The highest BCUT2D eigenvalue weighted by Gasteiger charge is 2.22. The number of quaternary nitrogens is 1. The van der Waals surface area contributed by atoms with Gasteiger partial charge in [0.2, 0.25) is 0 Å². The van der Waals surface area contributed by atoms with Crippen molar-refractivity contribution >= 4 is 0 Å². The second kappa shape index (κ2) is 2.67. The molecule has 3 atom stereocenters. The molecule has 0 aliphatic carbocycles. The molecule has 0 aromatic carbocycles. The van der Waals surface area contributed by atoms with E-state index in [4.69, 9.17) is 0 Å². The number of aliphatic hydroxyl groups excluding tert-OH is 1. The predicted molar refractivity (Wildman–Crippen MR) is 36.4 cm³/mol. The Labute approximate surface area is 56.5 Å². The van der Waals surface area contributed by atoms with Crippen molar-refractivity contribution in [2.24, 2.45) is 5.92 Å². The van der Waals surface area contributed by atoms with Gasteiger partial charge < -0.3 is 10.0 Å². The van der Waals surface area contributed by atoms with E-state index in [2.05, 4.69) is 14.0 Å². The quantitative estimate of drug-likeness (QED) is 0.427. The summed E-state index contributed by atoms with van der Waals surface area (Å²) in [4.78, 5) is 1.46. The molecule has 1 aliphatic rings. The molecular formula is C7H16NO+. The molecule has 1 rings (SSSR count). The van der Waals surface area contributed by atoms with Gasteiger partial charge in [0.15, 0.2) is 0 Å². The van der Waals surface area contributed by atoms with E-state index < -0.39 is 0 Å². The monoisotopic (exact) mass is 130 g/mol. The summed E-state index contributed by atoms with van der Waals surface area (Å²) >= 11 is 0. The first-order chi connectivity index (χ1) is 4.18. The lowest BCUT2D eigenvalue weighted by molar-refractivity contribution is -0.892. The lowest BCUT2D eigenvalue weighted by atomic mass is 9.99. The Morgan fingerprint density at radius 2 is 2.11 bits per heavy atom. The largest absolute Gasteiger partial charge is 0.387 e. The maximum Gasteiger partial charge on any atom is 0.103 e. The van der Waals surface area contributed by atoms with Crippen LogP contribution < -0.4 is 4.90 Å². The third kappa shape index (κ3) is 1.95. The molecule has 0 aromatic rings.